The first kappa shape index (κ1) is 13.0. The van der Waals surface area contributed by atoms with Gasteiger partial charge in [0.15, 0.2) is 0 Å². The Morgan fingerprint density at radius 3 is 2.69 bits per heavy atom. The molecule has 0 heterocycles. The van der Waals surface area contributed by atoms with Crippen LogP contribution in [0.15, 0.2) is 24.3 Å². The number of carboxylic acids is 1. The Bertz CT molecular complexity index is 406. The van der Waals surface area contributed by atoms with E-state index in [2.05, 4.69) is 22.6 Å². The Kier molecular flexibility index (Phi) is 4.72. The molecule has 1 aromatic rings. The lowest BCUT2D eigenvalue weighted by molar-refractivity contribution is -0.137. The highest BCUT2D eigenvalue weighted by molar-refractivity contribution is 14.1. The van der Waals surface area contributed by atoms with E-state index in [4.69, 9.17) is 5.11 Å². The predicted octanol–water partition coefficient (Wildman–Crippen LogP) is 1.84. The zero-order valence-electron chi connectivity index (χ0n) is 8.81. The number of carboxylic acid groups (broad SMARTS) is 1. The molecule has 0 spiro atoms. The summed E-state index contributed by atoms with van der Waals surface area (Å²) in [6.07, 6.45) is -0.0355. The highest BCUT2D eigenvalue weighted by Gasteiger charge is 2.12. The third kappa shape index (κ3) is 3.80. The first-order valence-corrected chi connectivity index (χ1v) is 5.81. The van der Waals surface area contributed by atoms with Crippen molar-refractivity contribution in [2.75, 3.05) is 13.6 Å². The number of aliphatic carboxylic acids is 1. The molecule has 0 unspecified atom stereocenters. The van der Waals surface area contributed by atoms with E-state index >= 15 is 0 Å². The molecule has 0 radical (unpaired) electrons. The van der Waals surface area contributed by atoms with E-state index in [0.29, 0.717) is 5.56 Å². The van der Waals surface area contributed by atoms with Crippen LogP contribution in [0.2, 0.25) is 0 Å². The van der Waals surface area contributed by atoms with E-state index in [1.165, 1.54) is 4.90 Å². The second kappa shape index (κ2) is 5.83. The first-order chi connectivity index (χ1) is 7.50. The Morgan fingerprint density at radius 2 is 2.12 bits per heavy atom. The molecule has 0 saturated heterocycles. The first-order valence-electron chi connectivity index (χ1n) is 4.73. The van der Waals surface area contributed by atoms with Gasteiger partial charge < -0.3 is 10.0 Å². The molecule has 0 aliphatic rings. The number of hydrogen-bond donors (Lipinski definition) is 1. The summed E-state index contributed by atoms with van der Waals surface area (Å²) >= 11 is 2.13. The van der Waals surface area contributed by atoms with Crippen LogP contribution in [0, 0.1) is 3.57 Å². The molecule has 0 aliphatic carbocycles. The van der Waals surface area contributed by atoms with Crippen molar-refractivity contribution in [1.29, 1.82) is 0 Å². The predicted molar refractivity (Wildman–Crippen MR) is 68.4 cm³/mol. The number of benzene rings is 1. The average molecular weight is 333 g/mol. The van der Waals surface area contributed by atoms with Crippen molar-refractivity contribution in [3.63, 3.8) is 0 Å². The molecule has 4 nitrogen and oxygen atoms in total. The zero-order chi connectivity index (χ0) is 12.1. The SMILES string of the molecule is CN(CCC(=O)O)C(=O)c1cccc(I)c1. The van der Waals surface area contributed by atoms with Crippen molar-refractivity contribution in [1.82, 2.24) is 4.90 Å². The molecule has 1 amide bonds. The van der Waals surface area contributed by atoms with Gasteiger partial charge in [-0.05, 0) is 40.8 Å². The van der Waals surface area contributed by atoms with Crippen molar-refractivity contribution in [2.45, 2.75) is 6.42 Å². The monoisotopic (exact) mass is 333 g/mol. The van der Waals surface area contributed by atoms with E-state index in [1.54, 1.807) is 25.2 Å². The molecular formula is C11H12INO3. The summed E-state index contributed by atoms with van der Waals surface area (Å²) in [5.41, 5.74) is 0.583. The summed E-state index contributed by atoms with van der Waals surface area (Å²) in [6, 6.07) is 7.20. The fraction of sp³-hybridized carbons (Fsp3) is 0.273. The van der Waals surface area contributed by atoms with Crippen LogP contribution < -0.4 is 0 Å². The third-order valence-corrected chi connectivity index (χ3v) is 2.75. The second-order valence-corrected chi connectivity index (χ2v) is 4.63. The molecule has 1 N–H and O–H groups in total. The quantitative estimate of drug-likeness (QED) is 0.856. The van der Waals surface area contributed by atoms with Gasteiger partial charge in [-0.15, -0.1) is 0 Å². The fourth-order valence-electron chi connectivity index (χ4n) is 1.21. The van der Waals surface area contributed by atoms with Gasteiger partial charge in [0.1, 0.15) is 0 Å². The lowest BCUT2D eigenvalue weighted by atomic mass is 10.2. The standard InChI is InChI=1S/C11H12INO3/c1-13(6-5-10(14)15)11(16)8-3-2-4-9(12)7-8/h2-4,7H,5-6H2,1H3,(H,14,15). The number of carbonyl (C=O) groups is 2. The minimum absolute atomic E-state index is 0.0355. The van der Waals surface area contributed by atoms with Crippen LogP contribution in [0.1, 0.15) is 16.8 Å². The highest BCUT2D eigenvalue weighted by atomic mass is 127. The number of nitrogens with zero attached hydrogens (tertiary/aromatic N) is 1. The van der Waals surface area contributed by atoms with Crippen LogP contribution in [0.4, 0.5) is 0 Å². The Hall–Kier alpha value is -1.11. The van der Waals surface area contributed by atoms with Crippen LogP contribution >= 0.6 is 22.6 Å². The smallest absolute Gasteiger partial charge is 0.305 e. The van der Waals surface area contributed by atoms with E-state index in [0.717, 1.165) is 3.57 Å². The maximum atomic E-state index is 11.8. The molecule has 0 aromatic heterocycles. The van der Waals surface area contributed by atoms with Crippen LogP contribution in [0.25, 0.3) is 0 Å². The van der Waals surface area contributed by atoms with Crippen LogP contribution in [-0.4, -0.2) is 35.5 Å². The molecule has 5 heteroatoms. The Balaban J connectivity index is 2.67. The number of hydrogen-bond acceptors (Lipinski definition) is 2. The number of halogens is 1. The summed E-state index contributed by atoms with van der Waals surface area (Å²) in [7, 11) is 1.60. The number of carbonyl (C=O) groups excluding carboxylic acids is 1. The van der Waals surface area contributed by atoms with E-state index in [9.17, 15) is 9.59 Å². The third-order valence-electron chi connectivity index (χ3n) is 2.08. The summed E-state index contributed by atoms with van der Waals surface area (Å²) in [6.45, 7) is 0.222. The molecule has 16 heavy (non-hydrogen) atoms. The lowest BCUT2D eigenvalue weighted by Gasteiger charge is -2.16. The minimum atomic E-state index is -0.901. The number of amides is 1. The van der Waals surface area contributed by atoms with E-state index < -0.39 is 5.97 Å². The van der Waals surface area contributed by atoms with Crippen molar-refractivity contribution in [2.24, 2.45) is 0 Å². The van der Waals surface area contributed by atoms with E-state index in [1.807, 2.05) is 6.07 Å². The minimum Gasteiger partial charge on any atom is -0.481 e. The molecule has 0 saturated carbocycles. The molecule has 1 rings (SSSR count). The van der Waals surface area contributed by atoms with Crippen LogP contribution in [0.5, 0.6) is 0 Å². The normalized spacial score (nSPS) is 9.88. The summed E-state index contributed by atoms with van der Waals surface area (Å²) < 4.78 is 0.982. The van der Waals surface area contributed by atoms with Gasteiger partial charge in [-0.1, -0.05) is 6.07 Å². The number of rotatable bonds is 4. The van der Waals surface area contributed by atoms with Gasteiger partial charge >= 0.3 is 5.97 Å². The zero-order valence-corrected chi connectivity index (χ0v) is 11.0. The molecule has 0 bridgehead atoms. The van der Waals surface area contributed by atoms with Gasteiger partial charge in [0.05, 0.1) is 6.42 Å². The maximum Gasteiger partial charge on any atom is 0.305 e. The van der Waals surface area contributed by atoms with Crippen LogP contribution in [-0.2, 0) is 4.79 Å². The molecule has 1 aromatic carbocycles. The summed E-state index contributed by atoms with van der Waals surface area (Å²) in [4.78, 5) is 23.6. The van der Waals surface area contributed by atoms with Crippen molar-refractivity contribution < 1.29 is 14.7 Å². The molecular weight excluding hydrogens is 321 g/mol. The van der Waals surface area contributed by atoms with Gasteiger partial charge in [0.2, 0.25) is 0 Å². The molecule has 0 atom stereocenters. The highest BCUT2D eigenvalue weighted by Crippen LogP contribution is 2.09. The maximum absolute atomic E-state index is 11.8. The van der Waals surface area contributed by atoms with Gasteiger partial charge in [0, 0.05) is 22.7 Å². The largest absolute Gasteiger partial charge is 0.481 e. The summed E-state index contributed by atoms with van der Waals surface area (Å²) in [5, 5.41) is 8.52. The van der Waals surface area contributed by atoms with Gasteiger partial charge in [-0.25, -0.2) is 0 Å². The topological polar surface area (TPSA) is 57.6 Å². The Morgan fingerprint density at radius 1 is 1.44 bits per heavy atom. The molecule has 86 valence electrons. The van der Waals surface area contributed by atoms with Gasteiger partial charge in [-0.2, -0.15) is 0 Å². The van der Waals surface area contributed by atoms with Crippen molar-refractivity contribution in [3.8, 4) is 0 Å². The average Bonchev–Trinajstić information content (AvgIpc) is 2.24. The van der Waals surface area contributed by atoms with Gasteiger partial charge in [0.25, 0.3) is 5.91 Å². The second-order valence-electron chi connectivity index (χ2n) is 3.38. The molecule has 0 fully saturated rings. The van der Waals surface area contributed by atoms with Crippen molar-refractivity contribution in [3.05, 3.63) is 33.4 Å². The molecule has 0 aliphatic heterocycles. The summed E-state index contributed by atoms with van der Waals surface area (Å²) in [5.74, 6) is -1.05. The Labute approximate surface area is 107 Å². The fourth-order valence-corrected chi connectivity index (χ4v) is 1.75. The lowest BCUT2D eigenvalue weighted by Crippen LogP contribution is -2.29. The van der Waals surface area contributed by atoms with Gasteiger partial charge in [-0.3, -0.25) is 9.59 Å². The van der Waals surface area contributed by atoms with Crippen LogP contribution in [0.3, 0.4) is 0 Å². The van der Waals surface area contributed by atoms with Crippen molar-refractivity contribution >= 4 is 34.5 Å². The van der Waals surface area contributed by atoms with E-state index in [-0.39, 0.29) is 18.9 Å².